The molecule has 0 fully saturated rings. The Balaban J connectivity index is 1.81. The van der Waals surface area contributed by atoms with E-state index in [4.69, 9.17) is 0 Å². The molecule has 0 saturated carbocycles. The van der Waals surface area contributed by atoms with E-state index in [0.717, 1.165) is 12.4 Å². The number of benzene rings is 1. The molecule has 3 aromatic rings. The first kappa shape index (κ1) is 15.4. The Morgan fingerprint density at radius 2 is 1.96 bits per heavy atom. The molecule has 1 N–H and O–H groups in total. The van der Waals surface area contributed by atoms with E-state index in [1.807, 2.05) is 43.7 Å². The molecule has 3 rings (SSSR count). The molecule has 0 saturated heterocycles. The predicted octanol–water partition coefficient (Wildman–Crippen LogP) is 3.55. The van der Waals surface area contributed by atoms with Gasteiger partial charge in [0.25, 0.3) is 0 Å². The lowest BCUT2D eigenvalue weighted by molar-refractivity contribution is 0.577. The lowest BCUT2D eigenvalue weighted by Crippen LogP contribution is -2.21. The fourth-order valence-electron chi connectivity index (χ4n) is 2.87. The first-order valence-corrected chi connectivity index (χ1v) is 7.84. The number of nitrogens with zero attached hydrogens (tertiary/aromatic N) is 3. The highest BCUT2D eigenvalue weighted by Crippen LogP contribution is 2.24. The molecule has 1 aromatic carbocycles. The van der Waals surface area contributed by atoms with Crippen LogP contribution in [0.1, 0.15) is 24.1 Å². The van der Waals surface area contributed by atoms with Gasteiger partial charge in [-0.05, 0) is 30.0 Å². The van der Waals surface area contributed by atoms with Crippen molar-refractivity contribution in [3.05, 3.63) is 66.1 Å². The molecule has 1 atom stereocenters. The Morgan fingerprint density at radius 1 is 1.09 bits per heavy atom. The Labute approximate surface area is 137 Å². The minimum Gasteiger partial charge on any atom is -0.362 e. The third-order valence-electron chi connectivity index (χ3n) is 4.07. The van der Waals surface area contributed by atoms with Crippen LogP contribution in [0.25, 0.3) is 10.8 Å². The van der Waals surface area contributed by atoms with Crippen molar-refractivity contribution in [3.8, 4) is 0 Å². The molecule has 4 heteroatoms. The minimum atomic E-state index is 0.247. The molecule has 4 nitrogen and oxygen atoms in total. The summed E-state index contributed by atoms with van der Waals surface area (Å²) in [4.78, 5) is 10.7. The molecule has 0 radical (unpaired) electrons. The zero-order chi connectivity index (χ0) is 16.2. The number of pyridine rings is 2. The smallest absolute Gasteiger partial charge is 0.132 e. The Bertz CT molecular complexity index is 793. The van der Waals surface area contributed by atoms with Gasteiger partial charge < -0.3 is 10.2 Å². The van der Waals surface area contributed by atoms with Gasteiger partial charge in [0.05, 0.1) is 0 Å². The van der Waals surface area contributed by atoms with Gasteiger partial charge in [-0.1, -0.05) is 24.3 Å². The van der Waals surface area contributed by atoms with Crippen LogP contribution in [0.3, 0.4) is 0 Å². The molecule has 0 aliphatic heterocycles. The van der Waals surface area contributed by atoms with Gasteiger partial charge in [-0.3, -0.25) is 4.98 Å². The molecular weight excluding hydrogens is 284 g/mol. The Morgan fingerprint density at radius 3 is 2.78 bits per heavy atom. The second-order valence-electron chi connectivity index (χ2n) is 5.93. The Hall–Kier alpha value is -2.46. The topological polar surface area (TPSA) is 41.1 Å². The molecule has 23 heavy (non-hydrogen) atoms. The van der Waals surface area contributed by atoms with Gasteiger partial charge in [-0.25, -0.2) is 4.98 Å². The van der Waals surface area contributed by atoms with Gasteiger partial charge in [0.1, 0.15) is 5.82 Å². The van der Waals surface area contributed by atoms with E-state index in [-0.39, 0.29) is 6.04 Å². The number of nitrogens with one attached hydrogen (secondary N) is 1. The summed E-state index contributed by atoms with van der Waals surface area (Å²) in [5.74, 6) is 1.01. The number of aromatic nitrogens is 2. The van der Waals surface area contributed by atoms with E-state index in [9.17, 15) is 0 Å². The third kappa shape index (κ3) is 3.32. The summed E-state index contributed by atoms with van der Waals surface area (Å²) < 4.78 is 0. The summed E-state index contributed by atoms with van der Waals surface area (Å²) in [6.07, 6.45) is 5.60. The fourth-order valence-corrected chi connectivity index (χ4v) is 2.87. The average Bonchev–Trinajstić information content (AvgIpc) is 2.59. The standard InChI is InChI=1S/C19H22N4/c1-14(17-8-4-6-15-12-20-11-9-18(15)17)22-13-16-7-5-10-21-19(16)23(2)3/h4-12,14,22H,13H2,1-3H3. The van der Waals surface area contributed by atoms with Crippen LogP contribution in [0.5, 0.6) is 0 Å². The normalized spacial score (nSPS) is 12.3. The van der Waals surface area contributed by atoms with Crippen LogP contribution in [0.4, 0.5) is 5.82 Å². The van der Waals surface area contributed by atoms with Crippen LogP contribution < -0.4 is 10.2 Å². The fraction of sp³-hybridized carbons (Fsp3) is 0.263. The molecule has 0 spiro atoms. The van der Waals surface area contributed by atoms with E-state index >= 15 is 0 Å². The van der Waals surface area contributed by atoms with Crippen molar-refractivity contribution in [2.24, 2.45) is 0 Å². The number of hydrogen-bond acceptors (Lipinski definition) is 4. The second kappa shape index (κ2) is 6.75. The SMILES string of the molecule is CC(NCc1cccnc1N(C)C)c1cccc2cnccc12. The van der Waals surface area contributed by atoms with E-state index in [1.165, 1.54) is 21.9 Å². The van der Waals surface area contributed by atoms with Crippen LogP contribution in [0.2, 0.25) is 0 Å². The molecule has 118 valence electrons. The number of anilines is 1. The van der Waals surface area contributed by atoms with Gasteiger partial charge in [0.2, 0.25) is 0 Å². The highest BCUT2D eigenvalue weighted by atomic mass is 15.1. The summed E-state index contributed by atoms with van der Waals surface area (Å²) in [5.41, 5.74) is 2.49. The van der Waals surface area contributed by atoms with Crippen molar-refractivity contribution in [3.63, 3.8) is 0 Å². The largest absolute Gasteiger partial charge is 0.362 e. The molecule has 1 unspecified atom stereocenters. The Kier molecular flexibility index (Phi) is 4.53. The van der Waals surface area contributed by atoms with Crippen LogP contribution in [-0.2, 0) is 6.54 Å². The summed E-state index contributed by atoms with van der Waals surface area (Å²) in [5, 5.41) is 6.04. The first-order valence-electron chi connectivity index (χ1n) is 7.84. The molecule has 0 aliphatic rings. The summed E-state index contributed by atoms with van der Waals surface area (Å²) >= 11 is 0. The molecule has 2 aromatic heterocycles. The van der Waals surface area contributed by atoms with Gasteiger partial charge in [-0.15, -0.1) is 0 Å². The predicted molar refractivity (Wildman–Crippen MR) is 95.6 cm³/mol. The quantitative estimate of drug-likeness (QED) is 0.782. The van der Waals surface area contributed by atoms with Crippen LogP contribution in [0.15, 0.2) is 55.0 Å². The zero-order valence-electron chi connectivity index (χ0n) is 13.8. The van der Waals surface area contributed by atoms with E-state index < -0.39 is 0 Å². The monoisotopic (exact) mass is 306 g/mol. The third-order valence-corrected chi connectivity index (χ3v) is 4.07. The van der Waals surface area contributed by atoms with Crippen molar-refractivity contribution < 1.29 is 0 Å². The van der Waals surface area contributed by atoms with Crippen molar-refractivity contribution in [1.29, 1.82) is 0 Å². The maximum Gasteiger partial charge on any atom is 0.132 e. The minimum absolute atomic E-state index is 0.247. The van der Waals surface area contributed by atoms with Gasteiger partial charge >= 0.3 is 0 Å². The van der Waals surface area contributed by atoms with Crippen LogP contribution in [0, 0.1) is 0 Å². The lowest BCUT2D eigenvalue weighted by Gasteiger charge is -2.19. The highest BCUT2D eigenvalue weighted by molar-refractivity contribution is 5.85. The lowest BCUT2D eigenvalue weighted by atomic mass is 10.0. The number of fused-ring (bicyclic) bond motifs is 1. The average molecular weight is 306 g/mol. The molecule has 0 bridgehead atoms. The van der Waals surface area contributed by atoms with E-state index in [1.54, 1.807) is 0 Å². The van der Waals surface area contributed by atoms with Crippen molar-refractivity contribution >= 4 is 16.6 Å². The molecular formula is C19H22N4. The summed E-state index contributed by atoms with van der Waals surface area (Å²) in [6.45, 7) is 2.98. The van der Waals surface area contributed by atoms with E-state index in [2.05, 4.69) is 52.5 Å². The highest BCUT2D eigenvalue weighted by Gasteiger charge is 2.11. The van der Waals surface area contributed by atoms with Gasteiger partial charge in [0, 0.05) is 56.2 Å². The van der Waals surface area contributed by atoms with Crippen LogP contribution in [-0.4, -0.2) is 24.1 Å². The van der Waals surface area contributed by atoms with Crippen molar-refractivity contribution in [2.75, 3.05) is 19.0 Å². The van der Waals surface area contributed by atoms with Gasteiger partial charge in [-0.2, -0.15) is 0 Å². The summed E-state index contributed by atoms with van der Waals surface area (Å²) in [6, 6.07) is 12.8. The number of rotatable bonds is 5. The van der Waals surface area contributed by atoms with Crippen LogP contribution >= 0.6 is 0 Å². The maximum absolute atomic E-state index is 4.46. The summed E-state index contributed by atoms with van der Waals surface area (Å²) in [7, 11) is 4.04. The van der Waals surface area contributed by atoms with Gasteiger partial charge in [0.15, 0.2) is 0 Å². The zero-order valence-corrected chi connectivity index (χ0v) is 13.8. The van der Waals surface area contributed by atoms with Crippen molar-refractivity contribution in [1.82, 2.24) is 15.3 Å². The number of hydrogen-bond donors (Lipinski definition) is 1. The molecule has 0 aliphatic carbocycles. The maximum atomic E-state index is 4.46. The molecule has 0 amide bonds. The molecule has 2 heterocycles. The van der Waals surface area contributed by atoms with Crippen molar-refractivity contribution in [2.45, 2.75) is 19.5 Å². The van der Waals surface area contributed by atoms with E-state index in [0.29, 0.717) is 0 Å². The first-order chi connectivity index (χ1) is 11.2. The second-order valence-corrected chi connectivity index (χ2v) is 5.93.